The van der Waals surface area contributed by atoms with Gasteiger partial charge < -0.3 is 4.74 Å². The van der Waals surface area contributed by atoms with Gasteiger partial charge >= 0.3 is 0 Å². The molecule has 1 nitrogen and oxygen atoms in total. The molecule has 0 spiro atoms. The van der Waals surface area contributed by atoms with Crippen molar-refractivity contribution in [3.63, 3.8) is 0 Å². The van der Waals surface area contributed by atoms with E-state index in [4.69, 9.17) is 4.74 Å². The molecule has 0 amide bonds. The molecule has 0 aromatic carbocycles. The highest BCUT2D eigenvalue weighted by Gasteiger charge is 1.95. The summed E-state index contributed by atoms with van der Waals surface area (Å²) in [6, 6.07) is 0. The molecule has 0 unspecified atom stereocenters. The quantitative estimate of drug-likeness (QED) is 0.112. The van der Waals surface area contributed by atoms with Crippen LogP contribution in [0.2, 0.25) is 0 Å². The first kappa shape index (κ1) is 31.2. The molecule has 0 aliphatic carbocycles. The van der Waals surface area contributed by atoms with Crippen LogP contribution < -0.4 is 0 Å². The van der Waals surface area contributed by atoms with Crippen molar-refractivity contribution in [1.82, 2.24) is 0 Å². The zero-order valence-corrected chi connectivity index (χ0v) is 22.8. The van der Waals surface area contributed by atoms with Gasteiger partial charge in [-0.05, 0) is 59.8 Å². The van der Waals surface area contributed by atoms with Gasteiger partial charge in [-0.25, -0.2) is 0 Å². The summed E-state index contributed by atoms with van der Waals surface area (Å²) in [4.78, 5) is 0. The van der Waals surface area contributed by atoms with Gasteiger partial charge in [0.05, 0.1) is 6.61 Å². The topological polar surface area (TPSA) is 9.23 Å². The van der Waals surface area contributed by atoms with Crippen LogP contribution in [0.25, 0.3) is 0 Å². The molecule has 0 N–H and O–H groups in total. The molecule has 0 heterocycles. The molecular formula is C31H58O. The number of unbranched alkanes of at least 4 members (excludes halogenated alkanes) is 13. The summed E-state index contributed by atoms with van der Waals surface area (Å²) in [6.45, 7) is 12.9. The third-order valence-corrected chi connectivity index (χ3v) is 6.31. The van der Waals surface area contributed by atoms with Crippen LogP contribution in [0.4, 0.5) is 0 Å². The number of rotatable bonds is 23. The maximum Gasteiger partial charge on any atom is 0.0649 e. The van der Waals surface area contributed by atoms with Crippen LogP contribution in [0, 0.1) is 0 Å². The second-order valence-corrected chi connectivity index (χ2v) is 10.1. The SMILES string of the molecule is CCCCCCCCCCCCCCCCOC/C=C(\C)CC/C=C(\C)CCC=C(C)C. The lowest BCUT2D eigenvalue weighted by molar-refractivity contribution is 0.156. The van der Waals surface area contributed by atoms with Crippen molar-refractivity contribution in [1.29, 1.82) is 0 Å². The summed E-state index contributed by atoms with van der Waals surface area (Å²) < 4.78 is 5.82. The monoisotopic (exact) mass is 446 g/mol. The van der Waals surface area contributed by atoms with Gasteiger partial charge in [0.15, 0.2) is 0 Å². The lowest BCUT2D eigenvalue weighted by Crippen LogP contribution is -1.95. The standard InChI is InChI=1S/C31H58O/c1-6-7-8-9-10-11-12-13-14-15-16-17-18-19-27-32-28-26-31(5)25-21-24-30(4)23-20-22-29(2)3/h22,24,26H,6-21,23,25,27-28H2,1-5H3/b30-24+,31-26+. The second-order valence-electron chi connectivity index (χ2n) is 10.1. The molecule has 0 rings (SSSR count). The zero-order valence-electron chi connectivity index (χ0n) is 22.8. The minimum Gasteiger partial charge on any atom is -0.377 e. The minimum absolute atomic E-state index is 0.785. The summed E-state index contributed by atoms with van der Waals surface area (Å²) in [7, 11) is 0. The predicted molar refractivity (Wildman–Crippen MR) is 147 cm³/mol. The van der Waals surface area contributed by atoms with E-state index < -0.39 is 0 Å². The summed E-state index contributed by atoms with van der Waals surface area (Å²) in [6.07, 6.45) is 31.4. The van der Waals surface area contributed by atoms with E-state index in [1.807, 2.05) is 0 Å². The Balaban J connectivity index is 3.39. The lowest BCUT2D eigenvalue weighted by atomic mass is 10.0. The van der Waals surface area contributed by atoms with Gasteiger partial charge in [0.25, 0.3) is 0 Å². The van der Waals surface area contributed by atoms with Crippen molar-refractivity contribution in [2.45, 2.75) is 150 Å². The zero-order chi connectivity index (χ0) is 23.7. The Bertz CT molecular complexity index is 479. The Labute approximate surface area is 203 Å². The molecule has 0 bridgehead atoms. The number of hydrogen-bond acceptors (Lipinski definition) is 1. The Morgan fingerprint density at radius 3 is 1.47 bits per heavy atom. The van der Waals surface area contributed by atoms with Crippen molar-refractivity contribution >= 4 is 0 Å². The van der Waals surface area contributed by atoms with E-state index in [0.717, 1.165) is 26.1 Å². The highest BCUT2D eigenvalue weighted by atomic mass is 16.5. The maximum atomic E-state index is 5.82. The first-order valence-electron chi connectivity index (χ1n) is 14.1. The Hall–Kier alpha value is -0.820. The second kappa shape index (κ2) is 24.8. The van der Waals surface area contributed by atoms with Gasteiger partial charge in [0, 0.05) is 6.61 Å². The van der Waals surface area contributed by atoms with Gasteiger partial charge in [-0.2, -0.15) is 0 Å². The molecule has 1 heteroatoms. The van der Waals surface area contributed by atoms with E-state index in [0.29, 0.717) is 0 Å². The smallest absolute Gasteiger partial charge is 0.0649 e. The fourth-order valence-electron chi connectivity index (χ4n) is 4.02. The highest BCUT2D eigenvalue weighted by Crippen LogP contribution is 2.13. The van der Waals surface area contributed by atoms with E-state index in [1.165, 1.54) is 119 Å². The number of hydrogen-bond donors (Lipinski definition) is 0. The Morgan fingerprint density at radius 1 is 0.531 bits per heavy atom. The first-order chi connectivity index (χ1) is 15.6. The van der Waals surface area contributed by atoms with Gasteiger partial charge in [-0.1, -0.05) is 125 Å². The average Bonchev–Trinajstić information content (AvgIpc) is 2.75. The van der Waals surface area contributed by atoms with Crippen LogP contribution in [-0.4, -0.2) is 13.2 Å². The Kier molecular flexibility index (Phi) is 24.2. The van der Waals surface area contributed by atoms with Crippen molar-refractivity contribution in [2.75, 3.05) is 13.2 Å². The third-order valence-electron chi connectivity index (χ3n) is 6.31. The van der Waals surface area contributed by atoms with Gasteiger partial charge in [0.2, 0.25) is 0 Å². The largest absolute Gasteiger partial charge is 0.377 e. The molecule has 32 heavy (non-hydrogen) atoms. The molecular weight excluding hydrogens is 388 g/mol. The Morgan fingerprint density at radius 2 is 0.969 bits per heavy atom. The van der Waals surface area contributed by atoms with E-state index >= 15 is 0 Å². The van der Waals surface area contributed by atoms with E-state index in [-0.39, 0.29) is 0 Å². The van der Waals surface area contributed by atoms with Gasteiger partial charge in [-0.15, -0.1) is 0 Å². The van der Waals surface area contributed by atoms with Crippen molar-refractivity contribution < 1.29 is 4.74 Å². The van der Waals surface area contributed by atoms with Gasteiger partial charge in [-0.3, -0.25) is 0 Å². The summed E-state index contributed by atoms with van der Waals surface area (Å²) in [5.41, 5.74) is 4.40. The van der Waals surface area contributed by atoms with Crippen LogP contribution >= 0.6 is 0 Å². The van der Waals surface area contributed by atoms with Crippen LogP contribution in [0.15, 0.2) is 34.9 Å². The fourth-order valence-corrected chi connectivity index (χ4v) is 4.02. The molecule has 0 atom stereocenters. The highest BCUT2D eigenvalue weighted by molar-refractivity contribution is 5.05. The third kappa shape index (κ3) is 25.4. The lowest BCUT2D eigenvalue weighted by Gasteiger charge is -2.04. The van der Waals surface area contributed by atoms with E-state index in [2.05, 4.69) is 52.8 Å². The maximum absolute atomic E-state index is 5.82. The molecule has 0 aromatic heterocycles. The fraction of sp³-hybridized carbons (Fsp3) is 0.806. The molecule has 0 aromatic rings. The molecule has 0 fully saturated rings. The molecule has 0 saturated carbocycles. The number of ether oxygens (including phenoxy) is 1. The van der Waals surface area contributed by atoms with Crippen molar-refractivity contribution in [3.05, 3.63) is 34.9 Å². The average molecular weight is 447 g/mol. The summed E-state index contributed by atoms with van der Waals surface area (Å²) >= 11 is 0. The molecule has 0 saturated heterocycles. The molecule has 0 aliphatic rings. The number of allylic oxidation sites excluding steroid dienone is 5. The summed E-state index contributed by atoms with van der Waals surface area (Å²) in [5.74, 6) is 0. The minimum atomic E-state index is 0.785. The molecule has 0 aliphatic heterocycles. The van der Waals surface area contributed by atoms with Crippen molar-refractivity contribution in [3.8, 4) is 0 Å². The first-order valence-corrected chi connectivity index (χ1v) is 14.1. The van der Waals surface area contributed by atoms with Crippen LogP contribution in [0.1, 0.15) is 150 Å². The van der Waals surface area contributed by atoms with Gasteiger partial charge in [0.1, 0.15) is 0 Å². The normalized spacial score (nSPS) is 12.4. The van der Waals surface area contributed by atoms with Crippen molar-refractivity contribution in [2.24, 2.45) is 0 Å². The van der Waals surface area contributed by atoms with E-state index in [1.54, 1.807) is 0 Å². The summed E-state index contributed by atoms with van der Waals surface area (Å²) in [5, 5.41) is 0. The van der Waals surface area contributed by atoms with Crippen LogP contribution in [0.3, 0.4) is 0 Å². The van der Waals surface area contributed by atoms with Crippen LogP contribution in [-0.2, 0) is 4.74 Å². The predicted octanol–water partition coefficient (Wildman–Crippen LogP) is 10.9. The molecule has 0 radical (unpaired) electrons. The molecule has 188 valence electrons. The van der Waals surface area contributed by atoms with E-state index in [9.17, 15) is 0 Å². The van der Waals surface area contributed by atoms with Crippen LogP contribution in [0.5, 0.6) is 0 Å².